The lowest BCUT2D eigenvalue weighted by Crippen LogP contribution is -2.05. The number of benzene rings is 1. The van der Waals surface area contributed by atoms with Crippen LogP contribution in [0, 0.1) is 11.3 Å². The first kappa shape index (κ1) is 11.4. The number of thiol groups is 1. The number of hydrogen-bond donors (Lipinski definition) is 1. The van der Waals surface area contributed by atoms with E-state index in [1.54, 1.807) is 0 Å². The van der Waals surface area contributed by atoms with Gasteiger partial charge in [-0.3, -0.25) is 0 Å². The van der Waals surface area contributed by atoms with Gasteiger partial charge >= 0.3 is 5.97 Å². The van der Waals surface area contributed by atoms with Gasteiger partial charge in [0, 0.05) is 4.90 Å². The molecule has 0 aliphatic rings. The van der Waals surface area contributed by atoms with Gasteiger partial charge in [-0.05, 0) is 12.1 Å². The van der Waals surface area contributed by atoms with Gasteiger partial charge in [0.1, 0.15) is 11.3 Å². The molecule has 1 aromatic rings. The van der Waals surface area contributed by atoms with Crippen LogP contribution in [0.3, 0.4) is 0 Å². The van der Waals surface area contributed by atoms with E-state index in [1.165, 1.54) is 26.4 Å². The molecule has 0 radical (unpaired) electrons. The number of nitriles is 1. The van der Waals surface area contributed by atoms with Gasteiger partial charge in [-0.15, -0.1) is 12.6 Å². The van der Waals surface area contributed by atoms with E-state index < -0.39 is 5.97 Å². The fraction of sp³-hybridized carbons (Fsp3) is 0.200. The number of carbonyl (C=O) groups excluding carboxylic acids is 1. The van der Waals surface area contributed by atoms with Crippen LogP contribution < -0.4 is 4.74 Å². The van der Waals surface area contributed by atoms with Gasteiger partial charge in [-0.1, -0.05) is 0 Å². The molecule has 78 valence electrons. The molecule has 1 rings (SSSR count). The van der Waals surface area contributed by atoms with Crippen molar-refractivity contribution in [2.45, 2.75) is 4.90 Å². The molecule has 0 amide bonds. The van der Waals surface area contributed by atoms with Crippen molar-refractivity contribution in [2.24, 2.45) is 0 Å². The van der Waals surface area contributed by atoms with E-state index in [2.05, 4.69) is 17.4 Å². The molecule has 0 fully saturated rings. The predicted octanol–water partition coefficient (Wildman–Crippen LogP) is 1.64. The Morgan fingerprint density at radius 2 is 2.13 bits per heavy atom. The predicted molar refractivity (Wildman–Crippen MR) is 56.3 cm³/mol. The minimum Gasteiger partial charge on any atom is -0.495 e. The molecular weight excluding hydrogens is 214 g/mol. The highest BCUT2D eigenvalue weighted by Crippen LogP contribution is 2.29. The van der Waals surface area contributed by atoms with Crippen LogP contribution in [0.15, 0.2) is 17.0 Å². The van der Waals surface area contributed by atoms with Crippen molar-refractivity contribution in [1.29, 1.82) is 5.26 Å². The Bertz CT molecular complexity index is 437. The Hall–Kier alpha value is -1.67. The highest BCUT2D eigenvalue weighted by Gasteiger charge is 2.16. The van der Waals surface area contributed by atoms with Crippen molar-refractivity contribution in [3.8, 4) is 11.8 Å². The van der Waals surface area contributed by atoms with E-state index in [-0.39, 0.29) is 5.56 Å². The molecule has 0 aliphatic carbocycles. The van der Waals surface area contributed by atoms with Crippen molar-refractivity contribution in [3.63, 3.8) is 0 Å². The first-order valence-corrected chi connectivity index (χ1v) is 4.48. The number of carbonyl (C=O) groups is 1. The standard InChI is InChI=1S/C10H9NO3S/c1-13-9-7(10(12)14-2)3-6(5-11)4-8(9)15/h3-4,15H,1-2H3. The molecule has 0 aliphatic heterocycles. The first-order chi connectivity index (χ1) is 7.13. The summed E-state index contributed by atoms with van der Waals surface area (Å²) in [7, 11) is 2.69. The molecular formula is C10H9NO3S. The van der Waals surface area contributed by atoms with E-state index >= 15 is 0 Å². The number of nitrogens with zero attached hydrogens (tertiary/aromatic N) is 1. The van der Waals surface area contributed by atoms with Crippen molar-refractivity contribution in [3.05, 3.63) is 23.3 Å². The molecule has 0 saturated carbocycles. The molecule has 0 unspecified atom stereocenters. The zero-order valence-electron chi connectivity index (χ0n) is 8.27. The van der Waals surface area contributed by atoms with Crippen molar-refractivity contribution >= 4 is 18.6 Å². The van der Waals surface area contributed by atoms with Gasteiger partial charge in [0.05, 0.1) is 25.9 Å². The van der Waals surface area contributed by atoms with Gasteiger partial charge < -0.3 is 9.47 Å². The summed E-state index contributed by atoms with van der Waals surface area (Å²) in [6.07, 6.45) is 0. The zero-order valence-corrected chi connectivity index (χ0v) is 9.17. The normalized spacial score (nSPS) is 9.20. The van der Waals surface area contributed by atoms with E-state index in [1.807, 2.05) is 6.07 Å². The third-order valence-electron chi connectivity index (χ3n) is 1.81. The molecule has 0 N–H and O–H groups in total. The van der Waals surface area contributed by atoms with Crippen LogP contribution in [0.25, 0.3) is 0 Å². The summed E-state index contributed by atoms with van der Waals surface area (Å²) in [5.41, 5.74) is 0.533. The third kappa shape index (κ3) is 2.22. The average Bonchev–Trinajstić information content (AvgIpc) is 2.26. The lowest BCUT2D eigenvalue weighted by Gasteiger charge is -2.09. The summed E-state index contributed by atoms with van der Waals surface area (Å²) in [5, 5.41) is 8.73. The molecule has 0 heterocycles. The molecule has 15 heavy (non-hydrogen) atoms. The Morgan fingerprint density at radius 3 is 2.60 bits per heavy atom. The number of hydrogen-bond acceptors (Lipinski definition) is 5. The monoisotopic (exact) mass is 223 g/mol. The summed E-state index contributed by atoms with van der Waals surface area (Å²) < 4.78 is 9.58. The Balaban J connectivity index is 3.40. The van der Waals surface area contributed by atoms with Crippen LogP contribution in [0.2, 0.25) is 0 Å². The van der Waals surface area contributed by atoms with Crippen LogP contribution in [0.4, 0.5) is 0 Å². The summed E-state index contributed by atoms with van der Waals surface area (Å²) in [5.74, 6) is -0.247. The van der Waals surface area contributed by atoms with E-state index in [0.29, 0.717) is 16.2 Å². The summed E-state index contributed by atoms with van der Waals surface area (Å²) in [6, 6.07) is 4.86. The van der Waals surface area contributed by atoms with Crippen LogP contribution in [0.5, 0.6) is 5.75 Å². The largest absolute Gasteiger partial charge is 0.495 e. The van der Waals surface area contributed by atoms with Gasteiger partial charge in [-0.2, -0.15) is 5.26 Å². The summed E-state index contributed by atoms with van der Waals surface area (Å²) >= 11 is 4.12. The van der Waals surface area contributed by atoms with Gasteiger partial charge in [-0.25, -0.2) is 4.79 Å². The summed E-state index contributed by atoms with van der Waals surface area (Å²) in [6.45, 7) is 0. The molecule has 0 saturated heterocycles. The Morgan fingerprint density at radius 1 is 1.47 bits per heavy atom. The SMILES string of the molecule is COC(=O)c1cc(C#N)cc(S)c1OC. The number of rotatable bonds is 2. The van der Waals surface area contributed by atoms with Gasteiger partial charge in [0.2, 0.25) is 0 Å². The molecule has 5 heteroatoms. The van der Waals surface area contributed by atoms with Gasteiger partial charge in [0.15, 0.2) is 0 Å². The maximum absolute atomic E-state index is 11.4. The quantitative estimate of drug-likeness (QED) is 0.611. The highest BCUT2D eigenvalue weighted by molar-refractivity contribution is 7.80. The summed E-state index contributed by atoms with van der Waals surface area (Å²) in [4.78, 5) is 11.8. The van der Waals surface area contributed by atoms with Crippen LogP contribution in [-0.4, -0.2) is 20.2 Å². The van der Waals surface area contributed by atoms with Crippen LogP contribution >= 0.6 is 12.6 Å². The molecule has 0 atom stereocenters. The van der Waals surface area contributed by atoms with E-state index in [0.717, 1.165) is 0 Å². The molecule has 4 nitrogen and oxygen atoms in total. The number of esters is 1. The Kier molecular flexibility index (Phi) is 3.58. The fourth-order valence-electron chi connectivity index (χ4n) is 1.15. The number of ether oxygens (including phenoxy) is 2. The van der Waals surface area contributed by atoms with Crippen LogP contribution in [-0.2, 0) is 4.74 Å². The Labute approximate surface area is 92.8 Å². The lowest BCUT2D eigenvalue weighted by atomic mass is 10.1. The molecule has 1 aromatic carbocycles. The number of methoxy groups -OCH3 is 2. The zero-order chi connectivity index (χ0) is 11.4. The molecule has 0 bridgehead atoms. The minimum absolute atomic E-state index is 0.198. The smallest absolute Gasteiger partial charge is 0.341 e. The second kappa shape index (κ2) is 4.71. The average molecular weight is 223 g/mol. The van der Waals surface area contributed by atoms with Crippen LogP contribution in [0.1, 0.15) is 15.9 Å². The third-order valence-corrected chi connectivity index (χ3v) is 2.14. The van der Waals surface area contributed by atoms with Crippen molar-refractivity contribution < 1.29 is 14.3 Å². The first-order valence-electron chi connectivity index (χ1n) is 4.03. The molecule has 0 spiro atoms. The van der Waals surface area contributed by atoms with E-state index in [9.17, 15) is 4.79 Å². The second-order valence-electron chi connectivity index (χ2n) is 2.68. The van der Waals surface area contributed by atoms with Gasteiger partial charge in [0.25, 0.3) is 0 Å². The minimum atomic E-state index is -0.556. The van der Waals surface area contributed by atoms with Crippen molar-refractivity contribution in [2.75, 3.05) is 14.2 Å². The second-order valence-corrected chi connectivity index (χ2v) is 3.16. The van der Waals surface area contributed by atoms with E-state index in [4.69, 9.17) is 10.00 Å². The fourth-order valence-corrected chi connectivity index (χ4v) is 1.51. The lowest BCUT2D eigenvalue weighted by molar-refractivity contribution is 0.0596. The topological polar surface area (TPSA) is 59.3 Å². The molecule has 0 aromatic heterocycles. The maximum atomic E-state index is 11.4. The van der Waals surface area contributed by atoms with Crippen molar-refractivity contribution in [1.82, 2.24) is 0 Å². The maximum Gasteiger partial charge on any atom is 0.341 e. The highest BCUT2D eigenvalue weighted by atomic mass is 32.1.